The van der Waals surface area contributed by atoms with Gasteiger partial charge in [0.15, 0.2) is 6.61 Å². The van der Waals surface area contributed by atoms with E-state index in [-0.39, 0.29) is 24.6 Å². The van der Waals surface area contributed by atoms with E-state index in [2.05, 4.69) is 10.6 Å². The number of anilines is 1. The van der Waals surface area contributed by atoms with Crippen LogP contribution in [-0.4, -0.2) is 41.9 Å². The quantitative estimate of drug-likeness (QED) is 0.502. The smallest absolute Gasteiger partial charge is 0.338 e. The molecule has 0 bridgehead atoms. The van der Waals surface area contributed by atoms with E-state index in [0.717, 1.165) is 34.6 Å². The number of rotatable bonds is 8. The van der Waals surface area contributed by atoms with E-state index in [1.807, 2.05) is 32.0 Å². The molecule has 1 saturated heterocycles. The van der Waals surface area contributed by atoms with Gasteiger partial charge in [0, 0.05) is 5.69 Å². The summed E-state index contributed by atoms with van der Waals surface area (Å²) in [7, 11) is 0. The summed E-state index contributed by atoms with van der Waals surface area (Å²) in [6.07, 6.45) is 1.56. The Balaban J connectivity index is 1.55. The Bertz CT molecular complexity index is 963. The van der Waals surface area contributed by atoms with Crippen LogP contribution in [0.5, 0.6) is 0 Å². The van der Waals surface area contributed by atoms with Gasteiger partial charge < -0.3 is 15.4 Å². The zero-order valence-corrected chi connectivity index (χ0v) is 17.6. The first kappa shape index (κ1) is 22.0. The molecule has 2 N–H and O–H groups in total. The molecule has 1 heterocycles. The third-order valence-electron chi connectivity index (χ3n) is 5.06. The van der Waals surface area contributed by atoms with E-state index in [0.29, 0.717) is 5.56 Å². The van der Waals surface area contributed by atoms with Crippen LogP contribution in [0.2, 0.25) is 0 Å². The molecule has 162 valence electrons. The number of hydrogen-bond acceptors (Lipinski definition) is 5. The molecular weight excluding hydrogens is 398 g/mol. The molecule has 1 fully saturated rings. The van der Waals surface area contributed by atoms with Crippen molar-refractivity contribution in [2.75, 3.05) is 18.5 Å². The van der Waals surface area contributed by atoms with Crippen LogP contribution in [0.25, 0.3) is 0 Å². The molecule has 4 amide bonds. The van der Waals surface area contributed by atoms with Crippen molar-refractivity contribution in [1.82, 2.24) is 10.2 Å². The SMILES string of the molecule is CCc1cccc(CC)c1NC(=O)COC(=O)c1ccc(CN2C(=O)CNC2=O)cc1. The Morgan fingerprint density at radius 2 is 1.68 bits per heavy atom. The minimum atomic E-state index is -0.629. The van der Waals surface area contributed by atoms with E-state index in [4.69, 9.17) is 4.74 Å². The fourth-order valence-corrected chi connectivity index (χ4v) is 3.34. The van der Waals surface area contributed by atoms with Crippen LogP contribution >= 0.6 is 0 Å². The summed E-state index contributed by atoms with van der Waals surface area (Å²) in [6.45, 7) is 3.75. The number of carbonyl (C=O) groups excluding carboxylic acids is 4. The van der Waals surface area contributed by atoms with Gasteiger partial charge in [-0.05, 0) is 41.7 Å². The van der Waals surface area contributed by atoms with E-state index < -0.39 is 24.5 Å². The van der Waals surface area contributed by atoms with E-state index >= 15 is 0 Å². The number of amides is 4. The van der Waals surface area contributed by atoms with E-state index in [1.165, 1.54) is 12.1 Å². The largest absolute Gasteiger partial charge is 0.452 e. The summed E-state index contributed by atoms with van der Waals surface area (Å²) in [5, 5.41) is 5.31. The van der Waals surface area contributed by atoms with Gasteiger partial charge in [0.2, 0.25) is 5.91 Å². The van der Waals surface area contributed by atoms with Gasteiger partial charge in [-0.15, -0.1) is 0 Å². The number of hydrogen-bond donors (Lipinski definition) is 2. The Morgan fingerprint density at radius 3 is 2.23 bits per heavy atom. The Hall–Kier alpha value is -3.68. The van der Waals surface area contributed by atoms with Crippen LogP contribution in [0.4, 0.5) is 10.5 Å². The minimum absolute atomic E-state index is 0.00616. The lowest BCUT2D eigenvalue weighted by atomic mass is 10.0. The normalized spacial score (nSPS) is 13.2. The van der Waals surface area contributed by atoms with E-state index in [9.17, 15) is 19.2 Å². The summed E-state index contributed by atoms with van der Waals surface area (Å²) in [5.74, 6) is -1.33. The van der Waals surface area contributed by atoms with Crippen LogP contribution in [0, 0.1) is 0 Å². The van der Waals surface area contributed by atoms with Crippen molar-refractivity contribution in [2.45, 2.75) is 33.2 Å². The second kappa shape index (κ2) is 9.88. The lowest BCUT2D eigenvalue weighted by Gasteiger charge is -2.14. The molecule has 1 aliphatic rings. The molecule has 0 aromatic heterocycles. The van der Waals surface area contributed by atoms with Crippen molar-refractivity contribution in [3.8, 4) is 0 Å². The van der Waals surface area contributed by atoms with Crippen molar-refractivity contribution in [2.24, 2.45) is 0 Å². The van der Waals surface area contributed by atoms with Crippen LogP contribution < -0.4 is 10.6 Å². The highest BCUT2D eigenvalue weighted by Gasteiger charge is 2.28. The lowest BCUT2D eigenvalue weighted by Crippen LogP contribution is -2.30. The number of aryl methyl sites for hydroxylation is 2. The minimum Gasteiger partial charge on any atom is -0.452 e. The maximum absolute atomic E-state index is 12.3. The van der Waals surface area contributed by atoms with Gasteiger partial charge in [-0.3, -0.25) is 14.5 Å². The number of nitrogens with one attached hydrogen (secondary N) is 2. The maximum Gasteiger partial charge on any atom is 0.338 e. The van der Waals surface area contributed by atoms with Crippen LogP contribution in [0.15, 0.2) is 42.5 Å². The zero-order chi connectivity index (χ0) is 22.4. The molecule has 0 radical (unpaired) electrons. The predicted octanol–water partition coefficient (Wildman–Crippen LogP) is 2.66. The molecule has 0 saturated carbocycles. The van der Waals surface area contributed by atoms with Crippen molar-refractivity contribution in [3.63, 3.8) is 0 Å². The topological polar surface area (TPSA) is 105 Å². The van der Waals surface area contributed by atoms with Gasteiger partial charge in [-0.1, -0.05) is 44.2 Å². The molecule has 2 aromatic carbocycles. The lowest BCUT2D eigenvalue weighted by molar-refractivity contribution is -0.125. The molecule has 0 unspecified atom stereocenters. The van der Waals surface area contributed by atoms with Gasteiger partial charge in [-0.2, -0.15) is 0 Å². The summed E-state index contributed by atoms with van der Waals surface area (Å²) in [5.41, 5.74) is 3.80. The molecule has 0 atom stereocenters. The molecule has 31 heavy (non-hydrogen) atoms. The standard InChI is InChI=1S/C23H25N3O5/c1-3-16-6-5-7-17(4-2)21(16)25-19(27)14-31-22(29)18-10-8-15(9-11-18)13-26-20(28)12-24-23(26)30/h5-11H,3-4,12-14H2,1-2H3,(H,24,30)(H,25,27). The molecule has 8 nitrogen and oxygen atoms in total. The molecule has 0 aliphatic carbocycles. The number of urea groups is 1. The zero-order valence-electron chi connectivity index (χ0n) is 17.6. The molecule has 2 aromatic rings. The molecular formula is C23H25N3O5. The van der Waals surface area contributed by atoms with Gasteiger partial charge in [0.05, 0.1) is 18.7 Å². The molecule has 0 spiro atoms. The maximum atomic E-state index is 12.3. The van der Waals surface area contributed by atoms with Crippen LogP contribution in [0.1, 0.15) is 40.9 Å². The molecule has 8 heteroatoms. The first-order chi connectivity index (χ1) is 14.9. The highest BCUT2D eigenvalue weighted by molar-refractivity contribution is 6.02. The third-order valence-corrected chi connectivity index (χ3v) is 5.06. The number of benzene rings is 2. The summed E-state index contributed by atoms with van der Waals surface area (Å²) in [6, 6.07) is 11.8. The number of carbonyl (C=O) groups is 4. The van der Waals surface area contributed by atoms with Gasteiger partial charge >= 0.3 is 12.0 Å². The highest BCUT2D eigenvalue weighted by atomic mass is 16.5. The fraction of sp³-hybridized carbons (Fsp3) is 0.304. The second-order valence-electron chi connectivity index (χ2n) is 7.12. The number of para-hydroxylation sites is 1. The monoisotopic (exact) mass is 423 g/mol. The number of nitrogens with zero attached hydrogens (tertiary/aromatic N) is 1. The number of ether oxygens (including phenoxy) is 1. The molecule has 3 rings (SSSR count). The van der Waals surface area contributed by atoms with Crippen molar-refractivity contribution in [3.05, 3.63) is 64.7 Å². The average molecular weight is 423 g/mol. The number of esters is 1. The summed E-state index contributed by atoms with van der Waals surface area (Å²) in [4.78, 5) is 49.0. The van der Waals surface area contributed by atoms with Gasteiger partial charge in [0.1, 0.15) is 0 Å². The van der Waals surface area contributed by atoms with E-state index in [1.54, 1.807) is 12.1 Å². The second-order valence-corrected chi connectivity index (χ2v) is 7.12. The van der Waals surface area contributed by atoms with Crippen LogP contribution in [0.3, 0.4) is 0 Å². The van der Waals surface area contributed by atoms with Crippen molar-refractivity contribution in [1.29, 1.82) is 0 Å². The fourth-order valence-electron chi connectivity index (χ4n) is 3.34. The third kappa shape index (κ3) is 5.28. The summed E-state index contributed by atoms with van der Waals surface area (Å²) >= 11 is 0. The van der Waals surface area contributed by atoms with Crippen molar-refractivity contribution >= 4 is 29.5 Å². The predicted molar refractivity (Wildman–Crippen MR) is 115 cm³/mol. The highest BCUT2D eigenvalue weighted by Crippen LogP contribution is 2.22. The Labute approximate surface area is 180 Å². The summed E-state index contributed by atoms with van der Waals surface area (Å²) < 4.78 is 5.14. The Morgan fingerprint density at radius 1 is 1.03 bits per heavy atom. The van der Waals surface area contributed by atoms with Gasteiger partial charge in [0.25, 0.3) is 5.91 Å². The number of imide groups is 1. The first-order valence-corrected chi connectivity index (χ1v) is 10.2. The van der Waals surface area contributed by atoms with Gasteiger partial charge in [-0.25, -0.2) is 9.59 Å². The molecule has 1 aliphatic heterocycles. The van der Waals surface area contributed by atoms with Crippen LogP contribution in [-0.2, 0) is 33.7 Å². The first-order valence-electron chi connectivity index (χ1n) is 10.2. The average Bonchev–Trinajstić information content (AvgIpc) is 3.10. The van der Waals surface area contributed by atoms with Crippen molar-refractivity contribution < 1.29 is 23.9 Å². The Kier molecular flexibility index (Phi) is 7.02.